The fourth-order valence-electron chi connectivity index (χ4n) is 14.0. The summed E-state index contributed by atoms with van der Waals surface area (Å²) in [6.45, 7) is 20.8. The van der Waals surface area contributed by atoms with Crippen molar-refractivity contribution in [3.8, 4) is 50.7 Å². The second-order valence-electron chi connectivity index (χ2n) is 26.5. The molecule has 0 unspecified atom stereocenters. The maximum absolute atomic E-state index is 9.22. The molecular formula is C80H70N4O. The van der Waals surface area contributed by atoms with E-state index in [9.17, 15) is 1.37 Å². The zero-order chi connectivity index (χ0) is 61.6. The summed E-state index contributed by atoms with van der Waals surface area (Å²) >= 11 is 0. The first-order chi connectivity index (χ1) is 42.7. The molecule has 2 aromatic heterocycles. The van der Waals surface area contributed by atoms with Crippen molar-refractivity contribution in [1.82, 2.24) is 9.55 Å². The van der Waals surface area contributed by atoms with Crippen molar-refractivity contribution < 1.29 is 10.2 Å². The smallest absolute Gasteiger partial charge is 0.137 e. The van der Waals surface area contributed by atoms with Crippen molar-refractivity contribution >= 4 is 44.6 Å². The van der Waals surface area contributed by atoms with Gasteiger partial charge in [0.25, 0.3) is 0 Å². The number of aromatic nitrogens is 2. The van der Waals surface area contributed by atoms with Gasteiger partial charge in [0.1, 0.15) is 24.0 Å². The number of anilines is 4. The van der Waals surface area contributed by atoms with Gasteiger partial charge in [-0.3, -0.25) is 4.57 Å². The number of fused-ring (bicyclic) bond motifs is 13. The van der Waals surface area contributed by atoms with Crippen LogP contribution in [0, 0.1) is 0 Å². The number of hydrogen-bond acceptors (Lipinski definition) is 4. The second kappa shape index (κ2) is 19.3. The third-order valence-corrected chi connectivity index (χ3v) is 18.2. The fourth-order valence-corrected chi connectivity index (χ4v) is 14.0. The van der Waals surface area contributed by atoms with Crippen LogP contribution >= 0.6 is 0 Å². The van der Waals surface area contributed by atoms with Crippen LogP contribution in [0.5, 0.6) is 11.5 Å². The van der Waals surface area contributed by atoms with E-state index in [2.05, 4.69) is 236 Å². The lowest BCUT2D eigenvalue weighted by Crippen LogP contribution is -2.34. The van der Waals surface area contributed by atoms with Crippen molar-refractivity contribution in [2.75, 3.05) is 16.5 Å². The lowest BCUT2D eigenvalue weighted by Gasteiger charge is -2.40. The van der Waals surface area contributed by atoms with E-state index in [-0.39, 0.29) is 40.4 Å². The molecule has 15 rings (SSSR count). The Morgan fingerprint density at radius 2 is 1.05 bits per heavy atom. The van der Waals surface area contributed by atoms with E-state index in [1.807, 2.05) is 47.0 Å². The quantitative estimate of drug-likeness (QED) is 0.159. The first kappa shape index (κ1) is 48.0. The molecule has 1 spiro atoms. The van der Waals surface area contributed by atoms with Gasteiger partial charge in [0.05, 0.1) is 39.0 Å². The van der Waals surface area contributed by atoms with Crippen molar-refractivity contribution in [3.05, 3.63) is 287 Å². The Bertz CT molecular complexity index is 4840. The summed E-state index contributed by atoms with van der Waals surface area (Å²) in [4.78, 5) is 9.75. The molecule has 416 valence electrons. The minimum atomic E-state index is -0.521. The van der Waals surface area contributed by atoms with Crippen LogP contribution in [0.4, 0.5) is 22.7 Å². The molecule has 3 heterocycles. The average molecular weight is 1110 g/mol. The predicted molar refractivity (Wildman–Crippen MR) is 354 cm³/mol. The highest BCUT2D eigenvalue weighted by molar-refractivity contribution is 6.10. The van der Waals surface area contributed by atoms with Gasteiger partial charge >= 0.3 is 0 Å². The number of hydrogen-bond donors (Lipinski definition) is 0. The third kappa shape index (κ3) is 8.37. The molecule has 1 aliphatic heterocycles. The van der Waals surface area contributed by atoms with Crippen LogP contribution in [0.3, 0.4) is 0 Å². The Kier molecular flexibility index (Phi) is 10.9. The van der Waals surface area contributed by atoms with E-state index in [4.69, 9.17) is 13.8 Å². The van der Waals surface area contributed by atoms with Crippen LogP contribution in [0.2, 0.25) is 0 Å². The topological polar surface area (TPSA) is 33.5 Å². The van der Waals surface area contributed by atoms with Crippen molar-refractivity contribution in [1.29, 1.82) is 0 Å². The van der Waals surface area contributed by atoms with Gasteiger partial charge in [-0.25, -0.2) is 4.98 Å². The van der Waals surface area contributed by atoms with Crippen LogP contribution in [0.25, 0.3) is 61.0 Å². The van der Waals surface area contributed by atoms with Gasteiger partial charge in [0.2, 0.25) is 0 Å². The first-order valence-corrected chi connectivity index (χ1v) is 29.8. The molecule has 0 radical (unpaired) electrons. The van der Waals surface area contributed by atoms with Gasteiger partial charge in [-0.2, -0.15) is 0 Å². The van der Waals surface area contributed by atoms with Crippen LogP contribution in [-0.4, -0.2) is 16.2 Å². The molecule has 85 heavy (non-hydrogen) atoms. The molecule has 2 aliphatic carbocycles. The summed E-state index contributed by atoms with van der Waals surface area (Å²) < 4.78 is 44.6. The minimum absolute atomic E-state index is 0.0935. The standard InChI is InChI=1S/C80H70N4O/c1-77(2,3)54-41-42-81-74(47-54)84-70-36-17-13-27-61(70)62-40-39-59(49-73(62)84)85-58-26-20-25-57(48-58)82-50-83(72-38-19-18-37-71(72)82)76-60(53-44-55(78(4,5)6)46-56(45-53)79(7,8)9)29-21-31-64(76)63-30-22-35-69-75(63)65-28-12-16-34-68(65)80(69)66-32-14-10-23-51(66)43-52-24-11-15-33-67(52)80/h10-42,44-49H,43,50H2,1-9H3/i13D,17D,27D,36D. The van der Waals surface area contributed by atoms with Crippen molar-refractivity contribution in [3.63, 3.8) is 0 Å². The van der Waals surface area contributed by atoms with Gasteiger partial charge < -0.3 is 14.5 Å². The molecule has 5 heteroatoms. The Hall–Kier alpha value is -9.45. The fraction of sp³-hybridized carbons (Fsp3) is 0.188. The van der Waals surface area contributed by atoms with E-state index in [0.29, 0.717) is 45.8 Å². The van der Waals surface area contributed by atoms with Crippen LogP contribution < -0.4 is 14.5 Å². The number of nitrogens with zero attached hydrogens (tertiary/aromatic N) is 4. The summed E-state index contributed by atoms with van der Waals surface area (Å²) in [6, 6.07) is 74.7. The van der Waals surface area contributed by atoms with E-state index in [1.54, 1.807) is 6.20 Å². The first-order valence-electron chi connectivity index (χ1n) is 31.8. The van der Waals surface area contributed by atoms with Crippen LogP contribution in [0.1, 0.15) is 118 Å². The summed E-state index contributed by atoms with van der Waals surface area (Å²) in [7, 11) is 0. The molecule has 0 saturated heterocycles. The Labute approximate surface area is 506 Å². The largest absolute Gasteiger partial charge is 0.457 e. The van der Waals surface area contributed by atoms with Gasteiger partial charge in [-0.1, -0.05) is 226 Å². The van der Waals surface area contributed by atoms with Crippen molar-refractivity contribution in [2.24, 2.45) is 0 Å². The number of ether oxygens (including phenoxy) is 1. The summed E-state index contributed by atoms with van der Waals surface area (Å²) in [5, 5.41) is 1.12. The van der Waals surface area contributed by atoms with E-state index < -0.39 is 5.41 Å². The van der Waals surface area contributed by atoms with E-state index in [0.717, 1.165) is 45.9 Å². The maximum Gasteiger partial charge on any atom is 0.137 e. The molecule has 0 atom stereocenters. The second-order valence-corrected chi connectivity index (χ2v) is 26.5. The lowest BCUT2D eigenvalue weighted by molar-refractivity contribution is 0.483. The average Bonchev–Trinajstić information content (AvgIpc) is 1.58. The summed E-state index contributed by atoms with van der Waals surface area (Å²) in [6.07, 6.45) is 2.66. The zero-order valence-electron chi connectivity index (χ0n) is 53.8. The number of pyridine rings is 1. The minimum Gasteiger partial charge on any atom is -0.457 e. The van der Waals surface area contributed by atoms with Crippen molar-refractivity contribution in [2.45, 2.75) is 90.4 Å². The number of para-hydroxylation sites is 4. The van der Waals surface area contributed by atoms with Gasteiger partial charge in [-0.15, -0.1) is 0 Å². The molecule has 12 aromatic rings. The molecule has 3 aliphatic rings. The maximum atomic E-state index is 9.22. The lowest BCUT2D eigenvalue weighted by atomic mass is 9.61. The Morgan fingerprint density at radius 3 is 1.78 bits per heavy atom. The highest BCUT2D eigenvalue weighted by Gasteiger charge is 2.50. The molecule has 0 N–H and O–H groups in total. The monoisotopic (exact) mass is 1110 g/mol. The SMILES string of the molecule is [2H]c1c([2H])c([2H])c2c(c1[2H])c1ccc(Oc3cccc(N4CN(c5c(-c6cc(C(C)(C)C)cc(C(C)(C)C)c6)cccc5-c5cccc6c5-c5ccccc5C65c6ccccc6Cc6ccccc65)c5ccccc54)c3)cc1n2-c1cc(C(C)(C)C)ccn1. The number of rotatable bonds is 7. The van der Waals surface area contributed by atoms with E-state index >= 15 is 0 Å². The molecule has 0 bridgehead atoms. The molecule has 10 aromatic carbocycles. The Balaban J connectivity index is 0.897. The van der Waals surface area contributed by atoms with Crippen LogP contribution in [-0.2, 0) is 28.1 Å². The third-order valence-electron chi connectivity index (χ3n) is 18.2. The van der Waals surface area contributed by atoms with Gasteiger partial charge in [0, 0.05) is 45.9 Å². The highest BCUT2D eigenvalue weighted by atomic mass is 16.5. The highest BCUT2D eigenvalue weighted by Crippen LogP contribution is 2.62. The van der Waals surface area contributed by atoms with Crippen LogP contribution in [0.15, 0.2) is 237 Å². The molecule has 0 amide bonds. The Morgan fingerprint density at radius 1 is 0.459 bits per heavy atom. The van der Waals surface area contributed by atoms with E-state index in [1.165, 1.54) is 66.8 Å². The van der Waals surface area contributed by atoms with Gasteiger partial charge in [0.15, 0.2) is 0 Å². The van der Waals surface area contributed by atoms with Gasteiger partial charge in [-0.05, 0) is 150 Å². The summed E-state index contributed by atoms with van der Waals surface area (Å²) in [5.41, 5.74) is 23.2. The normalized spacial score (nSPS) is 14.8. The molecule has 0 fully saturated rings. The molecular weight excluding hydrogens is 1030 g/mol. The summed E-state index contributed by atoms with van der Waals surface area (Å²) in [5.74, 6) is 1.74. The molecule has 0 saturated carbocycles. The predicted octanol–water partition coefficient (Wildman–Crippen LogP) is 20.7. The molecule has 5 nitrogen and oxygen atoms in total. The number of benzene rings is 10. The zero-order valence-corrected chi connectivity index (χ0v) is 49.8.